The predicted octanol–water partition coefficient (Wildman–Crippen LogP) is 3.65. The lowest BCUT2D eigenvalue weighted by Gasteiger charge is -2.10. The first-order valence-electron chi connectivity index (χ1n) is 9.52. The number of hydrogen-bond acceptors (Lipinski definition) is 5. The number of sulfonamides is 1. The molecule has 2 N–H and O–H groups in total. The summed E-state index contributed by atoms with van der Waals surface area (Å²) >= 11 is 5.91. The van der Waals surface area contributed by atoms with Crippen LogP contribution in [-0.4, -0.2) is 29.1 Å². The van der Waals surface area contributed by atoms with Gasteiger partial charge in [0.05, 0.1) is 10.6 Å². The number of halogens is 1. The second-order valence-electron chi connectivity index (χ2n) is 6.80. The topological polar surface area (TPSA) is 106 Å². The summed E-state index contributed by atoms with van der Waals surface area (Å²) in [7, 11) is -3.89. The molecule has 0 aliphatic heterocycles. The average molecular weight is 468 g/mol. The van der Waals surface area contributed by atoms with E-state index >= 15 is 0 Å². The molecule has 0 aliphatic carbocycles. The van der Waals surface area contributed by atoms with Crippen LogP contribution in [0.1, 0.15) is 15.9 Å². The summed E-state index contributed by atoms with van der Waals surface area (Å²) in [6, 6.07) is 17.6. The van der Waals surface area contributed by atoms with E-state index in [9.17, 15) is 13.2 Å². The van der Waals surface area contributed by atoms with Crippen molar-refractivity contribution in [2.75, 3.05) is 4.72 Å². The Labute approximate surface area is 189 Å². The summed E-state index contributed by atoms with van der Waals surface area (Å²) < 4.78 is 29.5. The molecule has 2 heterocycles. The highest BCUT2D eigenvalue weighted by molar-refractivity contribution is 7.92. The van der Waals surface area contributed by atoms with Crippen LogP contribution in [0.4, 0.5) is 5.69 Å². The Morgan fingerprint density at radius 3 is 2.59 bits per heavy atom. The van der Waals surface area contributed by atoms with Gasteiger partial charge in [-0.3, -0.25) is 9.52 Å². The molecular formula is C22H18ClN5O3S. The molecule has 0 saturated heterocycles. The maximum absolute atomic E-state index is 12.7. The second kappa shape index (κ2) is 9.21. The Bertz CT molecular complexity index is 1340. The van der Waals surface area contributed by atoms with Gasteiger partial charge >= 0.3 is 0 Å². The molecule has 4 aromatic rings. The fraction of sp³-hybridized carbons (Fsp3) is 0.0455. The van der Waals surface area contributed by atoms with Gasteiger partial charge in [0, 0.05) is 35.7 Å². The monoisotopic (exact) mass is 467 g/mol. The van der Waals surface area contributed by atoms with Gasteiger partial charge in [-0.15, -0.1) is 0 Å². The first-order chi connectivity index (χ1) is 15.4. The van der Waals surface area contributed by atoms with E-state index in [2.05, 4.69) is 20.1 Å². The summed E-state index contributed by atoms with van der Waals surface area (Å²) in [5.41, 5.74) is 1.35. The van der Waals surface area contributed by atoms with Crippen molar-refractivity contribution in [3.8, 4) is 5.82 Å². The summed E-state index contributed by atoms with van der Waals surface area (Å²) in [6.07, 6.45) is 5.09. The zero-order valence-electron chi connectivity index (χ0n) is 16.6. The molecule has 162 valence electrons. The van der Waals surface area contributed by atoms with Crippen molar-refractivity contribution in [1.82, 2.24) is 20.1 Å². The maximum atomic E-state index is 12.7. The lowest BCUT2D eigenvalue weighted by molar-refractivity contribution is 0.0950. The molecule has 0 aliphatic rings. The quantitative estimate of drug-likeness (QED) is 0.431. The zero-order chi connectivity index (χ0) is 22.6. The van der Waals surface area contributed by atoms with Crippen molar-refractivity contribution in [2.45, 2.75) is 11.4 Å². The van der Waals surface area contributed by atoms with Crippen LogP contribution in [-0.2, 0) is 16.6 Å². The third kappa shape index (κ3) is 5.13. The second-order valence-corrected chi connectivity index (χ2v) is 8.92. The number of nitrogens with one attached hydrogen (secondary N) is 2. The number of benzene rings is 2. The molecule has 0 spiro atoms. The van der Waals surface area contributed by atoms with Gasteiger partial charge in [0.25, 0.3) is 15.9 Å². The molecule has 10 heteroatoms. The third-order valence-corrected chi connectivity index (χ3v) is 6.10. The minimum absolute atomic E-state index is 0.0321. The maximum Gasteiger partial charge on any atom is 0.261 e. The van der Waals surface area contributed by atoms with Crippen LogP contribution < -0.4 is 10.0 Å². The molecule has 2 aromatic heterocycles. The van der Waals surface area contributed by atoms with Gasteiger partial charge in [-0.2, -0.15) is 5.10 Å². The van der Waals surface area contributed by atoms with Crippen molar-refractivity contribution in [2.24, 2.45) is 0 Å². The number of amides is 1. The van der Waals surface area contributed by atoms with Gasteiger partial charge in [-0.25, -0.2) is 18.1 Å². The number of carbonyl (C=O) groups is 1. The van der Waals surface area contributed by atoms with E-state index in [1.54, 1.807) is 59.7 Å². The standard InChI is InChI=1S/C22H18ClN5O3S/c23-18-5-2-6-19(13-18)27-32(30,31)20-7-1-4-17(12-20)22(29)25-15-16-8-9-21(24-14-16)28-11-3-10-26-28/h1-14,27H,15H2,(H,25,29). The highest BCUT2D eigenvalue weighted by Crippen LogP contribution is 2.20. The lowest BCUT2D eigenvalue weighted by atomic mass is 10.2. The van der Waals surface area contributed by atoms with Gasteiger partial charge in [-0.1, -0.05) is 29.8 Å². The van der Waals surface area contributed by atoms with Gasteiger partial charge in [-0.05, 0) is 54.1 Å². The number of aromatic nitrogens is 3. The van der Waals surface area contributed by atoms with Crippen LogP contribution in [0.5, 0.6) is 0 Å². The van der Waals surface area contributed by atoms with Crippen LogP contribution in [0, 0.1) is 0 Å². The Morgan fingerprint density at radius 1 is 1.03 bits per heavy atom. The molecule has 32 heavy (non-hydrogen) atoms. The fourth-order valence-corrected chi connectivity index (χ4v) is 4.20. The smallest absolute Gasteiger partial charge is 0.261 e. The van der Waals surface area contributed by atoms with E-state index in [-0.39, 0.29) is 17.0 Å². The minimum Gasteiger partial charge on any atom is -0.348 e. The summed E-state index contributed by atoms with van der Waals surface area (Å²) in [4.78, 5) is 16.9. The van der Waals surface area contributed by atoms with Gasteiger partial charge in [0.1, 0.15) is 0 Å². The normalized spacial score (nSPS) is 11.2. The fourth-order valence-electron chi connectivity index (χ4n) is 2.92. The minimum atomic E-state index is -3.89. The van der Waals surface area contributed by atoms with Crippen LogP contribution in [0.15, 0.2) is 90.2 Å². The van der Waals surface area contributed by atoms with E-state index in [1.807, 2.05) is 6.07 Å². The molecule has 0 bridgehead atoms. The molecule has 8 nitrogen and oxygen atoms in total. The third-order valence-electron chi connectivity index (χ3n) is 4.48. The molecular weight excluding hydrogens is 450 g/mol. The van der Waals surface area contributed by atoms with Crippen molar-refractivity contribution < 1.29 is 13.2 Å². The van der Waals surface area contributed by atoms with Crippen LogP contribution in [0.25, 0.3) is 5.82 Å². The van der Waals surface area contributed by atoms with E-state index in [0.29, 0.717) is 16.5 Å². The Morgan fingerprint density at radius 2 is 1.88 bits per heavy atom. The van der Waals surface area contributed by atoms with Crippen LogP contribution >= 0.6 is 11.6 Å². The summed E-state index contributed by atoms with van der Waals surface area (Å²) in [6.45, 7) is 0.239. The first kappa shape index (κ1) is 21.5. The highest BCUT2D eigenvalue weighted by Gasteiger charge is 2.17. The van der Waals surface area contributed by atoms with E-state index in [1.165, 1.54) is 24.3 Å². The Kier molecular flexibility index (Phi) is 6.20. The molecule has 1 amide bonds. The molecule has 0 atom stereocenters. The number of nitrogens with zero attached hydrogens (tertiary/aromatic N) is 3. The average Bonchev–Trinajstić information content (AvgIpc) is 3.33. The first-order valence-corrected chi connectivity index (χ1v) is 11.4. The van der Waals surface area contributed by atoms with Crippen molar-refractivity contribution >= 4 is 33.2 Å². The Hall–Kier alpha value is -3.69. The molecule has 4 rings (SSSR count). The lowest BCUT2D eigenvalue weighted by Crippen LogP contribution is -2.23. The number of rotatable bonds is 7. The SMILES string of the molecule is O=C(NCc1ccc(-n2cccn2)nc1)c1cccc(S(=O)(=O)Nc2cccc(Cl)c2)c1. The molecule has 0 unspecified atom stereocenters. The van der Waals surface area contributed by atoms with Gasteiger partial charge < -0.3 is 5.32 Å². The highest BCUT2D eigenvalue weighted by atomic mass is 35.5. The molecule has 0 saturated carbocycles. The number of carbonyl (C=O) groups excluding carboxylic acids is 1. The van der Waals surface area contributed by atoms with Crippen molar-refractivity contribution in [3.63, 3.8) is 0 Å². The zero-order valence-corrected chi connectivity index (χ0v) is 18.2. The molecule has 2 aromatic carbocycles. The van der Waals surface area contributed by atoms with Crippen LogP contribution in [0.3, 0.4) is 0 Å². The predicted molar refractivity (Wildman–Crippen MR) is 121 cm³/mol. The van der Waals surface area contributed by atoms with Crippen molar-refractivity contribution in [3.05, 3.63) is 101 Å². The van der Waals surface area contributed by atoms with Crippen molar-refractivity contribution in [1.29, 1.82) is 0 Å². The molecule has 0 fully saturated rings. The Balaban J connectivity index is 1.43. The number of anilines is 1. The number of hydrogen-bond donors (Lipinski definition) is 2. The van der Waals surface area contributed by atoms with E-state index in [4.69, 9.17) is 11.6 Å². The van der Waals surface area contributed by atoms with Gasteiger partial charge in [0.15, 0.2) is 5.82 Å². The molecule has 0 radical (unpaired) electrons. The van der Waals surface area contributed by atoms with Crippen LogP contribution in [0.2, 0.25) is 5.02 Å². The van der Waals surface area contributed by atoms with E-state index in [0.717, 1.165) is 5.56 Å². The summed E-state index contributed by atoms with van der Waals surface area (Å²) in [5.74, 6) is 0.260. The number of pyridine rings is 1. The van der Waals surface area contributed by atoms with E-state index < -0.39 is 15.9 Å². The largest absolute Gasteiger partial charge is 0.348 e. The summed E-state index contributed by atoms with van der Waals surface area (Å²) in [5, 5.41) is 7.29. The van der Waals surface area contributed by atoms with Gasteiger partial charge in [0.2, 0.25) is 0 Å².